The summed E-state index contributed by atoms with van der Waals surface area (Å²) in [5.74, 6) is -0.167. The Bertz CT molecular complexity index is 985. The fraction of sp³-hybridized carbons (Fsp3) is 0.304. The maximum Gasteiger partial charge on any atom is 0.416 e. The third kappa shape index (κ3) is 5.91. The number of alkyl halides is 3. The molecule has 0 spiro atoms. The van der Waals surface area contributed by atoms with Gasteiger partial charge in [0.25, 0.3) is 5.91 Å². The van der Waals surface area contributed by atoms with Crippen molar-refractivity contribution in [2.45, 2.75) is 31.3 Å². The summed E-state index contributed by atoms with van der Waals surface area (Å²) in [6, 6.07) is 11.9. The van der Waals surface area contributed by atoms with Gasteiger partial charge in [0.15, 0.2) is 0 Å². The zero-order valence-electron chi connectivity index (χ0n) is 17.2. The van der Waals surface area contributed by atoms with Crippen molar-refractivity contribution in [3.8, 4) is 0 Å². The summed E-state index contributed by atoms with van der Waals surface area (Å²) < 4.78 is 38.4. The summed E-state index contributed by atoms with van der Waals surface area (Å²) in [6.45, 7) is 4.53. The Hall–Kier alpha value is -2.74. The molecule has 164 valence electrons. The number of thioether (sulfide) groups is 1. The van der Waals surface area contributed by atoms with E-state index in [-0.39, 0.29) is 18.4 Å². The number of hydrogen-bond donors (Lipinski definition) is 1. The Morgan fingerprint density at radius 2 is 1.81 bits per heavy atom. The molecule has 1 heterocycles. The van der Waals surface area contributed by atoms with E-state index in [0.717, 1.165) is 23.4 Å². The molecule has 0 saturated carbocycles. The molecule has 2 aromatic carbocycles. The van der Waals surface area contributed by atoms with Crippen LogP contribution in [0.25, 0.3) is 6.08 Å². The maximum absolute atomic E-state index is 13.1. The van der Waals surface area contributed by atoms with E-state index in [4.69, 9.17) is 0 Å². The van der Waals surface area contributed by atoms with Crippen LogP contribution >= 0.6 is 11.8 Å². The van der Waals surface area contributed by atoms with E-state index >= 15 is 0 Å². The largest absolute Gasteiger partial charge is 0.416 e. The lowest BCUT2D eigenvalue weighted by Crippen LogP contribution is -2.43. The quantitative estimate of drug-likeness (QED) is 0.607. The van der Waals surface area contributed by atoms with E-state index in [2.05, 4.69) is 19.2 Å². The number of benzene rings is 2. The van der Waals surface area contributed by atoms with Crippen LogP contribution < -0.4 is 10.2 Å². The Labute approximate surface area is 183 Å². The first-order chi connectivity index (χ1) is 14.6. The van der Waals surface area contributed by atoms with Gasteiger partial charge in [-0.15, -0.1) is 0 Å². The summed E-state index contributed by atoms with van der Waals surface area (Å²) >= 11 is 1.24. The molecule has 2 aromatic rings. The van der Waals surface area contributed by atoms with E-state index in [1.54, 1.807) is 18.2 Å². The molecule has 3 rings (SSSR count). The summed E-state index contributed by atoms with van der Waals surface area (Å²) in [5, 5.41) is 2.83. The lowest BCUT2D eigenvalue weighted by molar-refractivity contribution is -0.137. The van der Waals surface area contributed by atoms with Gasteiger partial charge >= 0.3 is 6.18 Å². The van der Waals surface area contributed by atoms with Crippen LogP contribution in [0.15, 0.2) is 58.3 Å². The number of hydrogen-bond acceptors (Lipinski definition) is 3. The van der Waals surface area contributed by atoms with E-state index in [9.17, 15) is 22.8 Å². The molecule has 1 N–H and O–H groups in total. The van der Waals surface area contributed by atoms with Crippen molar-refractivity contribution in [3.63, 3.8) is 0 Å². The van der Waals surface area contributed by atoms with Crippen molar-refractivity contribution in [1.29, 1.82) is 0 Å². The van der Waals surface area contributed by atoms with Crippen molar-refractivity contribution in [2.75, 3.05) is 18.0 Å². The van der Waals surface area contributed by atoms with Crippen LogP contribution in [-0.2, 0) is 15.8 Å². The third-order valence-corrected chi connectivity index (χ3v) is 5.79. The SMILES string of the molecule is CC(C)CCNC(=O)CN1C(=O)/C(=C/c2ccc(C(F)(F)F)cc2)Sc2ccccc21. The van der Waals surface area contributed by atoms with Gasteiger partial charge in [-0.1, -0.05) is 49.9 Å². The average Bonchev–Trinajstić information content (AvgIpc) is 2.70. The van der Waals surface area contributed by atoms with Crippen LogP contribution in [0.1, 0.15) is 31.4 Å². The van der Waals surface area contributed by atoms with Crippen molar-refractivity contribution < 1.29 is 22.8 Å². The second kappa shape index (κ2) is 9.60. The smallest absolute Gasteiger partial charge is 0.355 e. The summed E-state index contributed by atoms with van der Waals surface area (Å²) in [5.41, 5.74) is 0.368. The standard InChI is InChI=1S/C23H23F3N2O2S/c1-15(2)11-12-27-21(29)14-28-18-5-3-4-6-19(18)31-20(22(28)30)13-16-7-9-17(10-8-16)23(24,25)26/h3-10,13,15H,11-12,14H2,1-2H3,(H,27,29)/b20-13-. The van der Waals surface area contributed by atoms with Crippen molar-refractivity contribution >= 4 is 35.3 Å². The number of carbonyl (C=O) groups is 2. The number of rotatable bonds is 6. The van der Waals surface area contributed by atoms with Gasteiger partial charge in [0, 0.05) is 11.4 Å². The van der Waals surface area contributed by atoms with Gasteiger partial charge in [0.2, 0.25) is 5.91 Å². The van der Waals surface area contributed by atoms with E-state index in [0.29, 0.717) is 28.6 Å². The molecular weight excluding hydrogens is 425 g/mol. The summed E-state index contributed by atoms with van der Waals surface area (Å²) in [6.07, 6.45) is -2.03. The Kier molecular flexibility index (Phi) is 7.10. The first-order valence-electron chi connectivity index (χ1n) is 9.89. The molecule has 31 heavy (non-hydrogen) atoms. The van der Waals surface area contributed by atoms with Crippen LogP contribution in [-0.4, -0.2) is 24.9 Å². The predicted octanol–water partition coefficient (Wildman–Crippen LogP) is 5.35. The van der Waals surface area contributed by atoms with E-state index < -0.39 is 11.7 Å². The molecule has 1 aliphatic rings. The molecule has 0 bridgehead atoms. The topological polar surface area (TPSA) is 49.4 Å². The highest BCUT2D eigenvalue weighted by Crippen LogP contribution is 2.42. The van der Waals surface area contributed by atoms with Crippen molar-refractivity contribution in [3.05, 3.63) is 64.6 Å². The number of nitrogens with one attached hydrogen (secondary N) is 1. The highest BCUT2D eigenvalue weighted by atomic mass is 32.2. The van der Waals surface area contributed by atoms with Gasteiger partial charge in [-0.05, 0) is 48.2 Å². The van der Waals surface area contributed by atoms with E-state index in [1.165, 1.54) is 28.8 Å². The molecular formula is C23H23F3N2O2S. The summed E-state index contributed by atoms with van der Waals surface area (Å²) in [4.78, 5) is 28.1. The molecule has 0 aromatic heterocycles. The van der Waals surface area contributed by atoms with Gasteiger partial charge in [-0.3, -0.25) is 14.5 Å². The fourth-order valence-electron chi connectivity index (χ4n) is 3.04. The number of nitrogens with zero attached hydrogens (tertiary/aromatic N) is 1. The number of para-hydroxylation sites is 1. The number of anilines is 1. The number of carbonyl (C=O) groups excluding carboxylic acids is 2. The van der Waals surface area contributed by atoms with Gasteiger partial charge in [-0.2, -0.15) is 13.2 Å². The Morgan fingerprint density at radius 3 is 2.45 bits per heavy atom. The van der Waals surface area contributed by atoms with Gasteiger partial charge in [-0.25, -0.2) is 0 Å². The van der Waals surface area contributed by atoms with Gasteiger partial charge in [0.05, 0.1) is 16.2 Å². The van der Waals surface area contributed by atoms with Crippen molar-refractivity contribution in [2.24, 2.45) is 5.92 Å². The molecule has 0 aliphatic carbocycles. The van der Waals surface area contributed by atoms with Gasteiger partial charge in [0.1, 0.15) is 6.54 Å². The van der Waals surface area contributed by atoms with Crippen LogP contribution in [0, 0.1) is 5.92 Å². The number of halogens is 3. The zero-order valence-corrected chi connectivity index (χ0v) is 18.0. The highest BCUT2D eigenvalue weighted by Gasteiger charge is 2.31. The van der Waals surface area contributed by atoms with Crippen LogP contribution in [0.2, 0.25) is 0 Å². The molecule has 0 saturated heterocycles. The Balaban J connectivity index is 1.83. The molecule has 2 amide bonds. The molecule has 0 radical (unpaired) electrons. The molecule has 1 aliphatic heterocycles. The van der Waals surface area contributed by atoms with Gasteiger partial charge < -0.3 is 5.32 Å². The molecule has 0 atom stereocenters. The normalized spacial score (nSPS) is 15.4. The van der Waals surface area contributed by atoms with Crippen LogP contribution in [0.4, 0.5) is 18.9 Å². The first kappa shape index (κ1) is 22.9. The predicted molar refractivity (Wildman–Crippen MR) is 117 cm³/mol. The summed E-state index contributed by atoms with van der Waals surface area (Å²) in [7, 11) is 0. The molecule has 8 heteroatoms. The molecule has 0 fully saturated rings. The minimum atomic E-state index is -4.42. The number of amides is 2. The molecule has 0 unspecified atom stereocenters. The fourth-order valence-corrected chi connectivity index (χ4v) is 4.10. The molecule has 4 nitrogen and oxygen atoms in total. The minimum absolute atomic E-state index is 0.126. The lowest BCUT2D eigenvalue weighted by Gasteiger charge is -2.29. The third-order valence-electron chi connectivity index (χ3n) is 4.71. The number of fused-ring (bicyclic) bond motifs is 1. The Morgan fingerprint density at radius 1 is 1.13 bits per heavy atom. The zero-order chi connectivity index (χ0) is 22.6. The highest BCUT2D eigenvalue weighted by molar-refractivity contribution is 8.04. The first-order valence-corrected chi connectivity index (χ1v) is 10.7. The van der Waals surface area contributed by atoms with E-state index in [1.807, 2.05) is 12.1 Å². The lowest BCUT2D eigenvalue weighted by atomic mass is 10.1. The minimum Gasteiger partial charge on any atom is -0.355 e. The van der Waals surface area contributed by atoms with Crippen LogP contribution in [0.5, 0.6) is 0 Å². The maximum atomic E-state index is 13.1. The second-order valence-electron chi connectivity index (χ2n) is 7.62. The van der Waals surface area contributed by atoms with Crippen molar-refractivity contribution in [1.82, 2.24) is 5.32 Å². The van der Waals surface area contributed by atoms with Crippen LogP contribution in [0.3, 0.4) is 0 Å². The monoisotopic (exact) mass is 448 g/mol. The second-order valence-corrected chi connectivity index (χ2v) is 8.71. The average molecular weight is 449 g/mol.